The molecule has 1 saturated heterocycles. The molecule has 1 aromatic heterocycles. The number of amides is 1. The zero-order valence-corrected chi connectivity index (χ0v) is 11.7. The number of aryl methyl sites for hydroxylation is 1. The smallest absolute Gasteiger partial charge is 0.267 e. The van der Waals surface area contributed by atoms with E-state index >= 15 is 0 Å². The predicted octanol–water partition coefficient (Wildman–Crippen LogP) is 0.832. The number of hydrogen-bond donors (Lipinski definition) is 2. The predicted molar refractivity (Wildman–Crippen MR) is 74.3 cm³/mol. The zero-order valence-electron chi connectivity index (χ0n) is 11.7. The summed E-state index contributed by atoms with van der Waals surface area (Å²) in [4.78, 5) is 11.9. The van der Waals surface area contributed by atoms with Crippen LogP contribution < -0.4 is 10.6 Å². The van der Waals surface area contributed by atoms with Gasteiger partial charge in [-0.3, -0.25) is 4.79 Å². The van der Waals surface area contributed by atoms with Crippen LogP contribution in [0.2, 0.25) is 0 Å². The molecular formula is C14H23N3O2. The molecule has 2 rings (SSSR count). The van der Waals surface area contributed by atoms with E-state index in [-0.39, 0.29) is 5.91 Å². The Morgan fingerprint density at radius 3 is 2.84 bits per heavy atom. The maximum atomic E-state index is 11.9. The fourth-order valence-electron chi connectivity index (χ4n) is 2.28. The van der Waals surface area contributed by atoms with Gasteiger partial charge in [0.2, 0.25) is 0 Å². The average Bonchev–Trinajstić information content (AvgIpc) is 2.76. The van der Waals surface area contributed by atoms with Crippen LogP contribution in [0, 0.1) is 6.92 Å². The van der Waals surface area contributed by atoms with Gasteiger partial charge in [-0.05, 0) is 45.0 Å². The number of ether oxygens (including phenoxy) is 1. The Hall–Kier alpha value is -1.33. The Labute approximate surface area is 114 Å². The minimum Gasteiger partial charge on any atom is -0.376 e. The standard InChI is InChI=1S/C14H23N3O2/c1-11-3-4-13(17(11)2)14(18)16-9-10-19-12-5-7-15-8-6-12/h3-4,12,15H,5-10H2,1-2H3,(H,16,18). The lowest BCUT2D eigenvalue weighted by atomic mass is 10.1. The van der Waals surface area contributed by atoms with E-state index in [9.17, 15) is 4.79 Å². The first-order valence-corrected chi connectivity index (χ1v) is 6.91. The van der Waals surface area contributed by atoms with E-state index in [1.54, 1.807) is 0 Å². The summed E-state index contributed by atoms with van der Waals surface area (Å²) < 4.78 is 7.63. The molecule has 0 aromatic carbocycles. The summed E-state index contributed by atoms with van der Waals surface area (Å²) in [5.41, 5.74) is 1.77. The second-order valence-corrected chi connectivity index (χ2v) is 5.00. The maximum Gasteiger partial charge on any atom is 0.267 e. The molecule has 106 valence electrons. The van der Waals surface area contributed by atoms with E-state index in [4.69, 9.17) is 4.74 Å². The topological polar surface area (TPSA) is 55.3 Å². The monoisotopic (exact) mass is 265 g/mol. The van der Waals surface area contributed by atoms with E-state index in [2.05, 4.69) is 10.6 Å². The molecular weight excluding hydrogens is 242 g/mol. The molecule has 0 atom stereocenters. The van der Waals surface area contributed by atoms with E-state index < -0.39 is 0 Å². The highest BCUT2D eigenvalue weighted by Gasteiger charge is 2.13. The maximum absolute atomic E-state index is 11.9. The van der Waals surface area contributed by atoms with Crippen LogP contribution in [0.15, 0.2) is 12.1 Å². The van der Waals surface area contributed by atoms with Crippen LogP contribution in [0.3, 0.4) is 0 Å². The van der Waals surface area contributed by atoms with Gasteiger partial charge in [-0.1, -0.05) is 0 Å². The third-order valence-corrected chi connectivity index (χ3v) is 3.63. The van der Waals surface area contributed by atoms with Gasteiger partial charge >= 0.3 is 0 Å². The zero-order chi connectivity index (χ0) is 13.7. The molecule has 0 unspecified atom stereocenters. The molecule has 2 heterocycles. The minimum absolute atomic E-state index is 0.0375. The van der Waals surface area contributed by atoms with Gasteiger partial charge in [0.05, 0.1) is 12.7 Å². The number of nitrogens with one attached hydrogen (secondary N) is 2. The molecule has 0 saturated carbocycles. The highest BCUT2D eigenvalue weighted by molar-refractivity contribution is 5.92. The van der Waals surface area contributed by atoms with Crippen molar-refractivity contribution in [3.8, 4) is 0 Å². The summed E-state index contributed by atoms with van der Waals surface area (Å²) in [5, 5.41) is 6.19. The van der Waals surface area contributed by atoms with Crippen molar-refractivity contribution in [1.29, 1.82) is 0 Å². The lowest BCUT2D eigenvalue weighted by Crippen LogP contribution is -2.35. The number of hydrogen-bond acceptors (Lipinski definition) is 3. The normalized spacial score (nSPS) is 16.5. The summed E-state index contributed by atoms with van der Waals surface area (Å²) in [6.07, 6.45) is 2.46. The molecule has 1 aliphatic heterocycles. The van der Waals surface area contributed by atoms with Crippen LogP contribution in [0.1, 0.15) is 29.0 Å². The summed E-state index contributed by atoms with van der Waals surface area (Å²) in [6.45, 7) is 5.18. The molecule has 0 aliphatic carbocycles. The third-order valence-electron chi connectivity index (χ3n) is 3.63. The van der Waals surface area contributed by atoms with Crippen LogP contribution in [0.4, 0.5) is 0 Å². The van der Waals surface area contributed by atoms with E-state index in [1.165, 1.54) is 0 Å². The van der Waals surface area contributed by atoms with Gasteiger partial charge in [-0.25, -0.2) is 0 Å². The second kappa shape index (κ2) is 6.73. The number of piperidine rings is 1. The van der Waals surface area contributed by atoms with E-state index in [1.807, 2.05) is 30.7 Å². The molecule has 0 radical (unpaired) electrons. The second-order valence-electron chi connectivity index (χ2n) is 5.00. The number of rotatable bonds is 5. The van der Waals surface area contributed by atoms with E-state index in [0.29, 0.717) is 24.9 Å². The van der Waals surface area contributed by atoms with Crippen molar-refractivity contribution < 1.29 is 9.53 Å². The summed E-state index contributed by atoms with van der Waals surface area (Å²) >= 11 is 0. The molecule has 2 N–H and O–H groups in total. The molecule has 1 amide bonds. The van der Waals surface area contributed by atoms with Crippen LogP contribution in [0.25, 0.3) is 0 Å². The van der Waals surface area contributed by atoms with Crippen molar-refractivity contribution >= 4 is 5.91 Å². The molecule has 1 fully saturated rings. The van der Waals surface area contributed by atoms with Gasteiger partial charge in [0, 0.05) is 19.3 Å². The summed E-state index contributed by atoms with van der Waals surface area (Å²) in [6, 6.07) is 3.79. The molecule has 0 bridgehead atoms. The molecule has 5 nitrogen and oxygen atoms in total. The fraction of sp³-hybridized carbons (Fsp3) is 0.643. The van der Waals surface area contributed by atoms with Crippen LogP contribution >= 0.6 is 0 Å². The average molecular weight is 265 g/mol. The number of carbonyl (C=O) groups excluding carboxylic acids is 1. The lowest BCUT2D eigenvalue weighted by Gasteiger charge is -2.22. The van der Waals surface area contributed by atoms with Crippen LogP contribution in [0.5, 0.6) is 0 Å². The Kier molecular flexibility index (Phi) is 4.99. The molecule has 19 heavy (non-hydrogen) atoms. The lowest BCUT2D eigenvalue weighted by molar-refractivity contribution is 0.0343. The third kappa shape index (κ3) is 3.81. The first kappa shape index (κ1) is 14.1. The van der Waals surface area contributed by atoms with Crippen LogP contribution in [-0.2, 0) is 11.8 Å². The summed E-state index contributed by atoms with van der Waals surface area (Å²) in [5.74, 6) is -0.0375. The van der Waals surface area contributed by atoms with Crippen molar-refractivity contribution in [3.63, 3.8) is 0 Å². The Balaban J connectivity index is 1.68. The Morgan fingerprint density at radius 2 is 2.21 bits per heavy atom. The van der Waals surface area contributed by atoms with Crippen molar-refractivity contribution in [3.05, 3.63) is 23.5 Å². The van der Waals surface area contributed by atoms with Gasteiger partial charge in [0.1, 0.15) is 5.69 Å². The molecule has 0 spiro atoms. The molecule has 5 heteroatoms. The van der Waals surface area contributed by atoms with Gasteiger partial charge in [-0.2, -0.15) is 0 Å². The van der Waals surface area contributed by atoms with E-state index in [0.717, 1.165) is 31.6 Å². The fourth-order valence-corrected chi connectivity index (χ4v) is 2.28. The van der Waals surface area contributed by atoms with Crippen molar-refractivity contribution in [1.82, 2.24) is 15.2 Å². The van der Waals surface area contributed by atoms with Gasteiger partial charge in [0.15, 0.2) is 0 Å². The van der Waals surface area contributed by atoms with Gasteiger partial charge in [0.25, 0.3) is 5.91 Å². The SMILES string of the molecule is Cc1ccc(C(=O)NCCOC2CCNCC2)n1C. The first-order valence-electron chi connectivity index (χ1n) is 6.91. The number of nitrogens with zero attached hydrogens (tertiary/aromatic N) is 1. The molecule has 1 aromatic rings. The highest BCUT2D eigenvalue weighted by atomic mass is 16.5. The van der Waals surface area contributed by atoms with Gasteiger partial charge in [-0.15, -0.1) is 0 Å². The van der Waals surface area contributed by atoms with Crippen LogP contribution in [-0.4, -0.2) is 42.8 Å². The highest BCUT2D eigenvalue weighted by Crippen LogP contribution is 2.07. The summed E-state index contributed by atoms with van der Waals surface area (Å²) in [7, 11) is 1.90. The number of carbonyl (C=O) groups is 1. The van der Waals surface area contributed by atoms with Gasteiger partial charge < -0.3 is 19.9 Å². The van der Waals surface area contributed by atoms with Crippen molar-refractivity contribution in [2.75, 3.05) is 26.2 Å². The minimum atomic E-state index is -0.0375. The largest absolute Gasteiger partial charge is 0.376 e. The molecule has 1 aliphatic rings. The van der Waals surface area contributed by atoms with Crippen molar-refractivity contribution in [2.45, 2.75) is 25.9 Å². The quantitative estimate of drug-likeness (QED) is 0.775. The Bertz CT molecular complexity index is 422. The van der Waals surface area contributed by atoms with Crippen molar-refractivity contribution in [2.24, 2.45) is 7.05 Å². The Morgan fingerprint density at radius 1 is 1.47 bits per heavy atom. The first-order chi connectivity index (χ1) is 9.18. The number of aromatic nitrogens is 1.